The van der Waals surface area contributed by atoms with Crippen LogP contribution >= 0.6 is 11.6 Å². The Bertz CT molecular complexity index is 903. The van der Waals surface area contributed by atoms with E-state index < -0.39 is 5.97 Å². The molecule has 0 fully saturated rings. The lowest BCUT2D eigenvalue weighted by Gasteiger charge is -2.21. The lowest BCUT2D eigenvalue weighted by atomic mass is 9.87. The number of esters is 1. The molecule has 1 N–H and O–H groups in total. The van der Waals surface area contributed by atoms with Crippen molar-refractivity contribution >= 4 is 23.5 Å². The van der Waals surface area contributed by atoms with Crippen molar-refractivity contribution < 1.29 is 23.8 Å². The molecule has 29 heavy (non-hydrogen) atoms. The van der Waals surface area contributed by atoms with Gasteiger partial charge in [0, 0.05) is 21.7 Å². The summed E-state index contributed by atoms with van der Waals surface area (Å²) in [5.41, 5.74) is 3.10. The first-order chi connectivity index (χ1) is 13.7. The zero-order chi connectivity index (χ0) is 21.0. The van der Waals surface area contributed by atoms with E-state index in [2.05, 4.69) is 26.1 Å². The summed E-state index contributed by atoms with van der Waals surface area (Å²) in [5.74, 6) is -0.259. The summed E-state index contributed by atoms with van der Waals surface area (Å²) in [6.07, 6.45) is 0. The fourth-order valence-corrected chi connectivity index (χ4v) is 3.21. The van der Waals surface area contributed by atoms with Gasteiger partial charge >= 0.3 is 5.97 Å². The molecule has 0 bridgehead atoms. The number of hydrogen-bond donors (Lipinski definition) is 1. The first kappa shape index (κ1) is 21.1. The van der Waals surface area contributed by atoms with Gasteiger partial charge in [-0.2, -0.15) is 0 Å². The number of benzene rings is 2. The molecule has 0 aromatic heterocycles. The van der Waals surface area contributed by atoms with Crippen molar-refractivity contribution in [2.24, 2.45) is 0 Å². The minimum atomic E-state index is -0.551. The lowest BCUT2D eigenvalue weighted by molar-refractivity contribution is -0.143. The number of hydrogen-bond acceptors (Lipinski definition) is 5. The SMILES string of the molecule is CC(C)(C)c1ccc(C(=O)NCC(=O)OCc2cc(Cl)cc3c2OCOC3)cc1. The maximum Gasteiger partial charge on any atom is 0.325 e. The van der Waals surface area contributed by atoms with Crippen molar-refractivity contribution in [2.45, 2.75) is 39.4 Å². The fraction of sp³-hybridized carbons (Fsp3) is 0.364. The quantitative estimate of drug-likeness (QED) is 0.745. The Kier molecular flexibility index (Phi) is 6.45. The van der Waals surface area contributed by atoms with E-state index in [0.29, 0.717) is 28.5 Å². The lowest BCUT2D eigenvalue weighted by Crippen LogP contribution is -2.30. The Morgan fingerprint density at radius 1 is 1.17 bits per heavy atom. The molecule has 0 unspecified atom stereocenters. The monoisotopic (exact) mass is 417 g/mol. The molecule has 0 aliphatic carbocycles. The topological polar surface area (TPSA) is 73.9 Å². The van der Waals surface area contributed by atoms with Crippen molar-refractivity contribution in [3.05, 3.63) is 63.7 Å². The number of amides is 1. The fourth-order valence-electron chi connectivity index (χ4n) is 2.95. The molecule has 1 amide bonds. The summed E-state index contributed by atoms with van der Waals surface area (Å²) in [4.78, 5) is 24.3. The molecule has 1 aliphatic heterocycles. The van der Waals surface area contributed by atoms with E-state index in [-0.39, 0.29) is 31.3 Å². The van der Waals surface area contributed by atoms with Gasteiger partial charge in [-0.05, 0) is 35.2 Å². The Morgan fingerprint density at radius 3 is 2.59 bits per heavy atom. The first-order valence-corrected chi connectivity index (χ1v) is 9.68. The molecule has 0 saturated heterocycles. The van der Waals surface area contributed by atoms with E-state index in [1.807, 2.05) is 12.1 Å². The van der Waals surface area contributed by atoms with E-state index in [0.717, 1.165) is 11.1 Å². The van der Waals surface area contributed by atoms with E-state index in [9.17, 15) is 9.59 Å². The minimum absolute atomic E-state index is 0.00211. The number of nitrogens with one attached hydrogen (secondary N) is 1. The summed E-state index contributed by atoms with van der Waals surface area (Å²) in [7, 11) is 0. The van der Waals surface area contributed by atoms with Crippen LogP contribution < -0.4 is 10.1 Å². The molecule has 2 aromatic rings. The molecule has 6 nitrogen and oxygen atoms in total. The zero-order valence-electron chi connectivity index (χ0n) is 16.7. The summed E-state index contributed by atoms with van der Waals surface area (Å²) < 4.78 is 16.0. The first-order valence-electron chi connectivity index (χ1n) is 9.30. The number of ether oxygens (including phenoxy) is 3. The Hall–Kier alpha value is -2.57. The molecule has 1 heterocycles. The van der Waals surface area contributed by atoms with Crippen molar-refractivity contribution in [1.82, 2.24) is 5.32 Å². The van der Waals surface area contributed by atoms with Crippen molar-refractivity contribution in [2.75, 3.05) is 13.3 Å². The van der Waals surface area contributed by atoms with Crippen LogP contribution in [0, 0.1) is 0 Å². The molecule has 154 valence electrons. The van der Waals surface area contributed by atoms with Gasteiger partial charge in [0.05, 0.1) is 6.61 Å². The third kappa shape index (κ3) is 5.49. The highest BCUT2D eigenvalue weighted by Crippen LogP contribution is 2.32. The van der Waals surface area contributed by atoms with Gasteiger partial charge < -0.3 is 19.5 Å². The Morgan fingerprint density at radius 2 is 1.90 bits per heavy atom. The normalized spacial score (nSPS) is 13.2. The Balaban J connectivity index is 1.53. The molecular formula is C22H24ClNO5. The van der Waals surface area contributed by atoms with Gasteiger partial charge in [-0.3, -0.25) is 9.59 Å². The molecule has 7 heteroatoms. The highest BCUT2D eigenvalue weighted by Gasteiger charge is 2.18. The molecule has 2 aromatic carbocycles. The number of fused-ring (bicyclic) bond motifs is 1. The number of carbonyl (C=O) groups excluding carboxylic acids is 2. The number of rotatable bonds is 5. The van der Waals surface area contributed by atoms with Gasteiger partial charge in [0.1, 0.15) is 18.9 Å². The van der Waals surface area contributed by atoms with Gasteiger partial charge in [0.2, 0.25) is 0 Å². The van der Waals surface area contributed by atoms with Gasteiger partial charge in [-0.15, -0.1) is 0 Å². The smallest absolute Gasteiger partial charge is 0.325 e. The van der Waals surface area contributed by atoms with Crippen LogP contribution in [0.25, 0.3) is 0 Å². The van der Waals surface area contributed by atoms with Crippen LogP contribution in [-0.2, 0) is 32.9 Å². The van der Waals surface area contributed by atoms with Crippen LogP contribution in [0.1, 0.15) is 47.8 Å². The van der Waals surface area contributed by atoms with Gasteiger partial charge in [-0.1, -0.05) is 44.5 Å². The standard InChI is InChI=1S/C22H24ClNO5/c1-22(2,3)17-6-4-14(5-7-17)21(26)24-10-19(25)28-12-16-9-18(23)8-15-11-27-13-29-20(15)16/h4-9H,10-13H2,1-3H3,(H,24,26). The van der Waals surface area contributed by atoms with Crippen LogP contribution in [-0.4, -0.2) is 25.2 Å². The van der Waals surface area contributed by atoms with Gasteiger partial charge in [0.15, 0.2) is 6.79 Å². The minimum Gasteiger partial charge on any atom is -0.467 e. The second-order valence-electron chi connectivity index (χ2n) is 7.83. The van der Waals surface area contributed by atoms with Crippen LogP contribution in [0.2, 0.25) is 5.02 Å². The second-order valence-corrected chi connectivity index (χ2v) is 8.27. The predicted molar refractivity (Wildman–Crippen MR) is 109 cm³/mol. The van der Waals surface area contributed by atoms with Crippen LogP contribution in [0.5, 0.6) is 5.75 Å². The maximum atomic E-state index is 12.3. The van der Waals surface area contributed by atoms with Crippen LogP contribution in [0.4, 0.5) is 0 Å². The molecule has 0 saturated carbocycles. The summed E-state index contributed by atoms with van der Waals surface area (Å²) in [6, 6.07) is 10.8. The van der Waals surface area contributed by atoms with Gasteiger partial charge in [-0.25, -0.2) is 0 Å². The summed E-state index contributed by atoms with van der Waals surface area (Å²) >= 11 is 6.10. The van der Waals surface area contributed by atoms with E-state index >= 15 is 0 Å². The molecular weight excluding hydrogens is 394 g/mol. The summed E-state index contributed by atoms with van der Waals surface area (Å²) in [6.45, 7) is 6.61. The van der Waals surface area contributed by atoms with Crippen molar-refractivity contribution in [3.8, 4) is 5.75 Å². The molecule has 0 radical (unpaired) electrons. The van der Waals surface area contributed by atoms with Crippen molar-refractivity contribution in [1.29, 1.82) is 0 Å². The van der Waals surface area contributed by atoms with Crippen LogP contribution in [0.15, 0.2) is 36.4 Å². The third-order valence-electron chi connectivity index (χ3n) is 4.55. The average molecular weight is 418 g/mol. The second kappa shape index (κ2) is 8.84. The predicted octanol–water partition coefficient (Wildman–Crippen LogP) is 3.98. The van der Waals surface area contributed by atoms with E-state index in [1.54, 1.807) is 24.3 Å². The highest BCUT2D eigenvalue weighted by molar-refractivity contribution is 6.30. The summed E-state index contributed by atoms with van der Waals surface area (Å²) in [5, 5.41) is 3.09. The van der Waals surface area contributed by atoms with Crippen LogP contribution in [0.3, 0.4) is 0 Å². The number of halogens is 1. The number of carbonyl (C=O) groups is 2. The molecule has 0 atom stereocenters. The molecule has 1 aliphatic rings. The third-order valence-corrected chi connectivity index (χ3v) is 4.76. The highest BCUT2D eigenvalue weighted by atomic mass is 35.5. The van der Waals surface area contributed by atoms with E-state index in [1.165, 1.54) is 0 Å². The molecule has 3 rings (SSSR count). The maximum absolute atomic E-state index is 12.3. The molecule has 0 spiro atoms. The average Bonchev–Trinajstić information content (AvgIpc) is 2.69. The van der Waals surface area contributed by atoms with Gasteiger partial charge in [0.25, 0.3) is 5.91 Å². The van der Waals surface area contributed by atoms with Crippen molar-refractivity contribution in [3.63, 3.8) is 0 Å². The van der Waals surface area contributed by atoms with E-state index in [4.69, 9.17) is 25.8 Å². The largest absolute Gasteiger partial charge is 0.467 e. The Labute approximate surface area is 175 Å². The zero-order valence-corrected chi connectivity index (χ0v) is 17.5.